The fraction of sp³-hybridized carbons (Fsp3) is 1.00. The zero-order valence-corrected chi connectivity index (χ0v) is 6.42. The first-order valence-corrected chi connectivity index (χ1v) is 4.29. The molecule has 0 aliphatic carbocycles. The maximum Gasteiger partial charge on any atom is 0.145 e. The molecular formula is C3H6Cl2O2S. The Hall–Kier alpha value is 0.530. The summed E-state index contributed by atoms with van der Waals surface area (Å²) in [4.78, 5) is 0. The summed E-state index contributed by atoms with van der Waals surface area (Å²) in [6.45, 7) is 0. The molecule has 0 saturated carbocycles. The van der Waals surface area contributed by atoms with Gasteiger partial charge in [0.1, 0.15) is 10.7 Å². The normalized spacial score (nSPS) is 11.0. The SMILES string of the molecule is O=[SH](=O)C(CCl)CCl. The standard InChI is InChI=1S/C3H6Cl2O2S/c4-1-3(2-5)8(6)7/h3,8H,1-2H2. The van der Waals surface area contributed by atoms with Gasteiger partial charge in [-0.1, -0.05) is 0 Å². The predicted molar refractivity (Wildman–Crippen MR) is 35.5 cm³/mol. The van der Waals surface area contributed by atoms with Crippen LogP contribution in [0.25, 0.3) is 0 Å². The van der Waals surface area contributed by atoms with Crippen LogP contribution in [0.2, 0.25) is 0 Å². The van der Waals surface area contributed by atoms with Crippen molar-refractivity contribution in [1.29, 1.82) is 0 Å². The van der Waals surface area contributed by atoms with Crippen LogP contribution in [-0.2, 0) is 10.7 Å². The number of thiol groups is 1. The summed E-state index contributed by atoms with van der Waals surface area (Å²) in [6.07, 6.45) is 0. The second-order valence-electron chi connectivity index (χ2n) is 1.25. The van der Waals surface area contributed by atoms with E-state index in [2.05, 4.69) is 0 Å². The van der Waals surface area contributed by atoms with Gasteiger partial charge in [-0.25, -0.2) is 8.42 Å². The summed E-state index contributed by atoms with van der Waals surface area (Å²) in [5.41, 5.74) is 0. The molecule has 0 heterocycles. The van der Waals surface area contributed by atoms with Crippen LogP contribution in [0.3, 0.4) is 0 Å². The molecule has 0 unspecified atom stereocenters. The van der Waals surface area contributed by atoms with Crippen molar-refractivity contribution in [3.8, 4) is 0 Å². The summed E-state index contributed by atoms with van der Waals surface area (Å²) < 4.78 is 20.1. The number of halogens is 2. The highest BCUT2D eigenvalue weighted by Crippen LogP contribution is 1.95. The average Bonchev–Trinajstić information content (AvgIpc) is 1.69. The number of hydrogen-bond donors (Lipinski definition) is 1. The molecule has 0 aliphatic heterocycles. The van der Waals surface area contributed by atoms with Gasteiger partial charge in [0, 0.05) is 11.8 Å². The van der Waals surface area contributed by atoms with Gasteiger partial charge in [-0.3, -0.25) is 0 Å². The molecule has 0 aromatic carbocycles. The number of rotatable bonds is 3. The molecule has 50 valence electrons. The average molecular weight is 177 g/mol. The van der Waals surface area contributed by atoms with Crippen molar-refractivity contribution in [3.05, 3.63) is 0 Å². The number of hydrogen-bond acceptors (Lipinski definition) is 2. The van der Waals surface area contributed by atoms with E-state index in [1.807, 2.05) is 0 Å². The van der Waals surface area contributed by atoms with Crippen LogP contribution in [-0.4, -0.2) is 25.4 Å². The van der Waals surface area contributed by atoms with E-state index in [0.717, 1.165) is 0 Å². The Bertz CT molecular complexity index is 110. The highest BCUT2D eigenvalue weighted by molar-refractivity contribution is 7.73. The van der Waals surface area contributed by atoms with E-state index in [1.165, 1.54) is 0 Å². The molecule has 0 saturated heterocycles. The van der Waals surface area contributed by atoms with Gasteiger partial charge in [-0.15, -0.1) is 23.2 Å². The highest BCUT2D eigenvalue weighted by atomic mass is 35.5. The second-order valence-corrected chi connectivity index (χ2v) is 3.17. The van der Waals surface area contributed by atoms with E-state index in [9.17, 15) is 8.42 Å². The topological polar surface area (TPSA) is 34.1 Å². The van der Waals surface area contributed by atoms with Crippen LogP contribution in [0.4, 0.5) is 0 Å². The fourth-order valence-corrected chi connectivity index (χ4v) is 1.39. The molecule has 0 N–H and O–H groups in total. The van der Waals surface area contributed by atoms with Crippen LogP contribution in [0.15, 0.2) is 0 Å². The fourth-order valence-electron chi connectivity index (χ4n) is 0.154. The Morgan fingerprint density at radius 3 is 1.62 bits per heavy atom. The molecule has 0 rings (SSSR count). The molecule has 0 spiro atoms. The van der Waals surface area contributed by atoms with Crippen LogP contribution < -0.4 is 0 Å². The van der Waals surface area contributed by atoms with Crippen molar-refractivity contribution in [1.82, 2.24) is 0 Å². The zero-order chi connectivity index (χ0) is 6.57. The summed E-state index contributed by atoms with van der Waals surface area (Å²) in [6, 6.07) is 0. The van der Waals surface area contributed by atoms with Crippen molar-refractivity contribution in [3.63, 3.8) is 0 Å². The lowest BCUT2D eigenvalue weighted by Crippen LogP contribution is -2.12. The second kappa shape index (κ2) is 4.41. The molecule has 0 aliphatic rings. The first-order chi connectivity index (χ1) is 3.72. The molecule has 0 aromatic heterocycles. The van der Waals surface area contributed by atoms with Crippen LogP contribution in [0, 0.1) is 0 Å². The molecule has 0 radical (unpaired) electrons. The Kier molecular flexibility index (Phi) is 4.71. The quantitative estimate of drug-likeness (QED) is 0.501. The molecule has 8 heavy (non-hydrogen) atoms. The van der Waals surface area contributed by atoms with Gasteiger partial charge < -0.3 is 0 Å². The van der Waals surface area contributed by atoms with Crippen molar-refractivity contribution in [2.45, 2.75) is 5.25 Å². The van der Waals surface area contributed by atoms with Gasteiger partial charge in [0.25, 0.3) is 0 Å². The van der Waals surface area contributed by atoms with Gasteiger partial charge in [0.2, 0.25) is 0 Å². The lowest BCUT2D eigenvalue weighted by Gasteiger charge is -1.95. The summed E-state index contributed by atoms with van der Waals surface area (Å²) in [5, 5.41) is -0.562. The van der Waals surface area contributed by atoms with E-state index < -0.39 is 16.0 Å². The predicted octanol–water partition coefficient (Wildman–Crippen LogP) is 0.444. The summed E-state index contributed by atoms with van der Waals surface area (Å²) in [7, 11) is -2.43. The van der Waals surface area contributed by atoms with Gasteiger partial charge in [-0.2, -0.15) is 0 Å². The van der Waals surface area contributed by atoms with E-state index in [0.29, 0.717) is 0 Å². The third kappa shape index (κ3) is 2.74. The third-order valence-corrected chi connectivity index (χ3v) is 2.79. The highest BCUT2D eigenvalue weighted by Gasteiger charge is 2.06. The molecule has 5 heteroatoms. The van der Waals surface area contributed by atoms with Gasteiger partial charge >= 0.3 is 0 Å². The Morgan fingerprint density at radius 2 is 1.62 bits per heavy atom. The summed E-state index contributed by atoms with van der Waals surface area (Å²) >= 11 is 10.4. The largest absolute Gasteiger partial charge is 0.231 e. The molecule has 0 aromatic rings. The molecule has 2 nitrogen and oxygen atoms in total. The first-order valence-electron chi connectivity index (χ1n) is 1.97. The molecule has 0 atom stereocenters. The molecular weight excluding hydrogens is 171 g/mol. The molecule has 0 bridgehead atoms. The van der Waals surface area contributed by atoms with Crippen molar-refractivity contribution >= 4 is 33.9 Å². The Balaban J connectivity index is 3.70. The molecule has 0 amide bonds. The minimum Gasteiger partial charge on any atom is -0.231 e. The lowest BCUT2D eigenvalue weighted by atomic mass is 10.6. The van der Waals surface area contributed by atoms with Gasteiger partial charge in [-0.05, 0) is 0 Å². The maximum atomic E-state index is 10.0. The van der Waals surface area contributed by atoms with Crippen LogP contribution in [0.5, 0.6) is 0 Å². The van der Waals surface area contributed by atoms with E-state index in [1.54, 1.807) is 0 Å². The smallest absolute Gasteiger partial charge is 0.145 e. The third-order valence-electron chi connectivity index (χ3n) is 0.654. The zero-order valence-electron chi connectivity index (χ0n) is 4.01. The first kappa shape index (κ1) is 8.53. The van der Waals surface area contributed by atoms with E-state index in [4.69, 9.17) is 23.2 Å². The minimum atomic E-state index is -2.43. The molecule has 0 fully saturated rings. The lowest BCUT2D eigenvalue weighted by molar-refractivity contribution is 0.608. The number of alkyl halides is 2. The summed E-state index contributed by atoms with van der Waals surface area (Å²) in [5.74, 6) is 0.171. The minimum absolute atomic E-state index is 0.0855. The van der Waals surface area contributed by atoms with Crippen molar-refractivity contribution < 1.29 is 8.42 Å². The van der Waals surface area contributed by atoms with Gasteiger partial charge in [0.15, 0.2) is 0 Å². The van der Waals surface area contributed by atoms with Gasteiger partial charge in [0.05, 0.1) is 5.25 Å². The van der Waals surface area contributed by atoms with E-state index >= 15 is 0 Å². The van der Waals surface area contributed by atoms with Crippen LogP contribution >= 0.6 is 23.2 Å². The Labute approximate surface area is 59.7 Å². The van der Waals surface area contributed by atoms with Crippen LogP contribution in [0.1, 0.15) is 0 Å². The monoisotopic (exact) mass is 176 g/mol. The maximum absolute atomic E-state index is 10.0. The van der Waals surface area contributed by atoms with E-state index in [-0.39, 0.29) is 11.8 Å². The van der Waals surface area contributed by atoms with Crippen molar-refractivity contribution in [2.24, 2.45) is 0 Å². The van der Waals surface area contributed by atoms with Crippen molar-refractivity contribution in [2.75, 3.05) is 11.8 Å². The Morgan fingerprint density at radius 1 is 1.25 bits per heavy atom.